The van der Waals surface area contributed by atoms with E-state index < -0.39 is 29.3 Å². The predicted octanol–water partition coefficient (Wildman–Crippen LogP) is 3.25. The van der Waals surface area contributed by atoms with Crippen LogP contribution < -0.4 is 10.2 Å². The number of piperazine rings is 1. The van der Waals surface area contributed by atoms with Crippen LogP contribution in [0.3, 0.4) is 0 Å². The minimum Gasteiger partial charge on any atom is -0.369 e. The van der Waals surface area contributed by atoms with Crippen molar-refractivity contribution in [2.75, 3.05) is 36.4 Å². The average Bonchev–Trinajstić information content (AvgIpc) is 2.65. The molecule has 138 valence electrons. The number of para-hydroxylation sites is 1. The predicted molar refractivity (Wildman–Crippen MR) is 94.6 cm³/mol. The summed E-state index contributed by atoms with van der Waals surface area (Å²) in [4.78, 5) is 16.4. The van der Waals surface area contributed by atoms with E-state index in [9.17, 15) is 18.0 Å². The fourth-order valence-corrected chi connectivity index (χ4v) is 3.03. The molecule has 1 amide bonds. The summed E-state index contributed by atoms with van der Waals surface area (Å²) in [6.07, 6.45) is 0. The molecule has 1 heterocycles. The van der Waals surface area contributed by atoms with Gasteiger partial charge in [0.25, 0.3) is 0 Å². The highest BCUT2D eigenvalue weighted by Gasteiger charge is 2.26. The summed E-state index contributed by atoms with van der Waals surface area (Å²) in [6.45, 7) is 4.30. The summed E-state index contributed by atoms with van der Waals surface area (Å²) >= 11 is 0. The molecule has 0 saturated carbocycles. The van der Waals surface area contributed by atoms with Gasteiger partial charge in [0.15, 0.2) is 0 Å². The molecule has 1 N–H and O–H groups in total. The standard InChI is InChI=1S/C19H20F3N3O/c1-13(19(26)23-18-16(21)3-2-4-17(18)22)24-9-11-25(12-10-24)15-7-5-14(20)6-8-15/h2-8,13H,9-12H2,1H3,(H,23,26)/t13-/m1/s1. The number of carbonyl (C=O) groups is 1. The summed E-state index contributed by atoms with van der Waals surface area (Å²) in [5.41, 5.74) is 0.505. The molecule has 1 atom stereocenters. The quantitative estimate of drug-likeness (QED) is 0.906. The number of benzene rings is 2. The van der Waals surface area contributed by atoms with Crippen LogP contribution in [0.1, 0.15) is 6.92 Å². The smallest absolute Gasteiger partial charge is 0.241 e. The van der Waals surface area contributed by atoms with Gasteiger partial charge in [-0.25, -0.2) is 13.2 Å². The van der Waals surface area contributed by atoms with Crippen molar-refractivity contribution in [2.45, 2.75) is 13.0 Å². The van der Waals surface area contributed by atoms with E-state index in [4.69, 9.17) is 0 Å². The third-order valence-corrected chi connectivity index (χ3v) is 4.64. The molecule has 4 nitrogen and oxygen atoms in total. The molecule has 1 saturated heterocycles. The number of nitrogens with zero attached hydrogens (tertiary/aromatic N) is 2. The lowest BCUT2D eigenvalue weighted by Gasteiger charge is -2.38. The first-order valence-electron chi connectivity index (χ1n) is 8.45. The highest BCUT2D eigenvalue weighted by Crippen LogP contribution is 2.20. The highest BCUT2D eigenvalue weighted by molar-refractivity contribution is 5.94. The number of hydrogen-bond acceptors (Lipinski definition) is 3. The van der Waals surface area contributed by atoms with Gasteiger partial charge in [0.2, 0.25) is 5.91 Å². The van der Waals surface area contributed by atoms with Crippen molar-refractivity contribution >= 4 is 17.3 Å². The largest absolute Gasteiger partial charge is 0.369 e. The van der Waals surface area contributed by atoms with Gasteiger partial charge in [-0.3, -0.25) is 9.69 Å². The Balaban J connectivity index is 1.58. The maximum absolute atomic E-state index is 13.7. The maximum Gasteiger partial charge on any atom is 0.241 e. The van der Waals surface area contributed by atoms with Crippen LogP contribution in [0, 0.1) is 17.5 Å². The van der Waals surface area contributed by atoms with Crippen LogP contribution in [-0.2, 0) is 4.79 Å². The minimum absolute atomic E-state index is 0.280. The Morgan fingerprint density at radius 2 is 1.54 bits per heavy atom. The maximum atomic E-state index is 13.7. The van der Waals surface area contributed by atoms with Crippen LogP contribution in [0.4, 0.5) is 24.5 Å². The Morgan fingerprint density at radius 3 is 2.12 bits per heavy atom. The number of hydrogen-bond donors (Lipinski definition) is 1. The number of nitrogens with one attached hydrogen (secondary N) is 1. The molecule has 1 aliphatic rings. The first kappa shape index (κ1) is 18.3. The molecule has 0 aliphatic carbocycles. The molecule has 0 radical (unpaired) electrons. The first-order valence-corrected chi connectivity index (χ1v) is 8.45. The molecule has 7 heteroatoms. The fourth-order valence-electron chi connectivity index (χ4n) is 3.03. The van der Waals surface area contributed by atoms with Crippen LogP contribution in [-0.4, -0.2) is 43.0 Å². The minimum atomic E-state index is -0.799. The molecular weight excluding hydrogens is 343 g/mol. The molecule has 1 fully saturated rings. The van der Waals surface area contributed by atoms with Gasteiger partial charge in [0, 0.05) is 31.9 Å². The van der Waals surface area contributed by atoms with Gasteiger partial charge >= 0.3 is 0 Å². The summed E-state index contributed by atoms with van der Waals surface area (Å²) in [7, 11) is 0. The van der Waals surface area contributed by atoms with Crippen LogP contribution in [0.25, 0.3) is 0 Å². The number of carbonyl (C=O) groups excluding carboxylic acids is 1. The molecule has 26 heavy (non-hydrogen) atoms. The lowest BCUT2D eigenvalue weighted by Crippen LogP contribution is -2.52. The molecule has 0 spiro atoms. The molecule has 0 unspecified atom stereocenters. The van der Waals surface area contributed by atoms with Crippen molar-refractivity contribution < 1.29 is 18.0 Å². The zero-order valence-corrected chi connectivity index (χ0v) is 14.4. The third kappa shape index (κ3) is 3.99. The second-order valence-electron chi connectivity index (χ2n) is 6.26. The van der Waals surface area contributed by atoms with Crippen LogP contribution in [0.2, 0.25) is 0 Å². The number of amides is 1. The van der Waals surface area contributed by atoms with Crippen molar-refractivity contribution in [3.05, 3.63) is 59.9 Å². The lowest BCUT2D eigenvalue weighted by molar-refractivity contribution is -0.120. The number of rotatable bonds is 4. The lowest BCUT2D eigenvalue weighted by atomic mass is 10.2. The average molecular weight is 363 g/mol. The number of halogens is 3. The van der Waals surface area contributed by atoms with Crippen molar-refractivity contribution in [1.82, 2.24) is 4.90 Å². The van der Waals surface area contributed by atoms with Gasteiger partial charge in [-0.2, -0.15) is 0 Å². The monoisotopic (exact) mass is 363 g/mol. The van der Waals surface area contributed by atoms with Gasteiger partial charge < -0.3 is 10.2 Å². The van der Waals surface area contributed by atoms with Gasteiger partial charge in [0.1, 0.15) is 23.1 Å². The van der Waals surface area contributed by atoms with E-state index in [-0.39, 0.29) is 5.82 Å². The van der Waals surface area contributed by atoms with E-state index in [1.54, 1.807) is 19.1 Å². The van der Waals surface area contributed by atoms with E-state index in [1.165, 1.54) is 18.2 Å². The van der Waals surface area contributed by atoms with Crippen molar-refractivity contribution in [2.24, 2.45) is 0 Å². The van der Waals surface area contributed by atoms with Gasteiger partial charge in [-0.05, 0) is 43.3 Å². The van der Waals surface area contributed by atoms with Crippen LogP contribution >= 0.6 is 0 Å². The fraction of sp³-hybridized carbons (Fsp3) is 0.316. The Labute approximate surface area is 150 Å². The van der Waals surface area contributed by atoms with E-state index in [1.807, 2.05) is 4.90 Å². The molecular formula is C19H20F3N3O. The van der Waals surface area contributed by atoms with Crippen molar-refractivity contribution in [3.63, 3.8) is 0 Å². The van der Waals surface area contributed by atoms with Crippen molar-refractivity contribution in [1.29, 1.82) is 0 Å². The zero-order chi connectivity index (χ0) is 18.7. The topological polar surface area (TPSA) is 35.6 Å². The van der Waals surface area contributed by atoms with Gasteiger partial charge in [0.05, 0.1) is 6.04 Å². The second kappa shape index (κ2) is 7.78. The van der Waals surface area contributed by atoms with Crippen LogP contribution in [0.5, 0.6) is 0 Å². The molecule has 3 rings (SSSR count). The Hall–Kier alpha value is -2.54. The SMILES string of the molecule is C[C@H](C(=O)Nc1c(F)cccc1F)N1CCN(c2ccc(F)cc2)CC1. The molecule has 0 aromatic heterocycles. The summed E-state index contributed by atoms with van der Waals surface area (Å²) in [6, 6.07) is 9.21. The zero-order valence-electron chi connectivity index (χ0n) is 14.4. The van der Waals surface area contributed by atoms with Gasteiger partial charge in [-0.1, -0.05) is 6.07 Å². The molecule has 0 bridgehead atoms. The normalized spacial score (nSPS) is 16.4. The summed E-state index contributed by atoms with van der Waals surface area (Å²) in [5.74, 6) is -2.33. The van der Waals surface area contributed by atoms with E-state index in [0.717, 1.165) is 17.8 Å². The molecule has 2 aromatic carbocycles. The van der Waals surface area contributed by atoms with Crippen LogP contribution in [0.15, 0.2) is 42.5 Å². The number of anilines is 2. The molecule has 1 aliphatic heterocycles. The first-order chi connectivity index (χ1) is 12.5. The Bertz CT molecular complexity index is 754. The summed E-state index contributed by atoms with van der Waals surface area (Å²) < 4.78 is 40.4. The van der Waals surface area contributed by atoms with E-state index in [0.29, 0.717) is 26.2 Å². The second-order valence-corrected chi connectivity index (χ2v) is 6.26. The van der Waals surface area contributed by atoms with Crippen molar-refractivity contribution in [3.8, 4) is 0 Å². The Kier molecular flexibility index (Phi) is 5.46. The Morgan fingerprint density at radius 1 is 0.962 bits per heavy atom. The van der Waals surface area contributed by atoms with Gasteiger partial charge in [-0.15, -0.1) is 0 Å². The molecule has 2 aromatic rings. The third-order valence-electron chi connectivity index (χ3n) is 4.64. The highest BCUT2D eigenvalue weighted by atomic mass is 19.1. The summed E-state index contributed by atoms with van der Waals surface area (Å²) in [5, 5.41) is 2.34. The van der Waals surface area contributed by atoms with E-state index >= 15 is 0 Å². The van der Waals surface area contributed by atoms with E-state index in [2.05, 4.69) is 10.2 Å².